The molecule has 2 heterocycles. The molecule has 0 bridgehead atoms. The van der Waals surface area contributed by atoms with E-state index in [9.17, 15) is 4.79 Å². The van der Waals surface area contributed by atoms with Crippen molar-refractivity contribution in [3.8, 4) is 17.1 Å². The number of anilines is 1. The molecule has 0 radical (unpaired) electrons. The molecule has 4 rings (SSSR count). The molecule has 0 atom stereocenters. The van der Waals surface area contributed by atoms with Crippen LogP contribution >= 0.6 is 15.9 Å². The lowest BCUT2D eigenvalue weighted by Crippen LogP contribution is -2.15. The van der Waals surface area contributed by atoms with E-state index >= 15 is 0 Å². The number of carbonyl (C=O) groups is 1. The van der Waals surface area contributed by atoms with E-state index in [1.807, 2.05) is 42.5 Å². The normalized spacial score (nSPS) is 10.7. The molecule has 4 aromatic rings. The molecule has 8 heteroatoms. The van der Waals surface area contributed by atoms with Crippen LogP contribution in [-0.2, 0) is 0 Å². The molecule has 27 heavy (non-hydrogen) atoms. The van der Waals surface area contributed by atoms with Crippen LogP contribution in [0.2, 0.25) is 0 Å². The van der Waals surface area contributed by atoms with Gasteiger partial charge in [-0.3, -0.25) is 4.79 Å². The van der Waals surface area contributed by atoms with Gasteiger partial charge in [-0.05, 0) is 37.3 Å². The van der Waals surface area contributed by atoms with Crippen molar-refractivity contribution in [1.29, 1.82) is 0 Å². The Morgan fingerprint density at radius 1 is 1.19 bits per heavy atom. The van der Waals surface area contributed by atoms with E-state index in [2.05, 4.69) is 36.3 Å². The minimum Gasteiger partial charge on any atom is -0.441 e. The molecule has 2 aromatic heterocycles. The summed E-state index contributed by atoms with van der Waals surface area (Å²) in [7, 11) is 0. The highest BCUT2D eigenvalue weighted by atomic mass is 79.9. The highest BCUT2D eigenvalue weighted by molar-refractivity contribution is 9.10. The third kappa shape index (κ3) is 3.52. The van der Waals surface area contributed by atoms with E-state index in [-0.39, 0.29) is 11.6 Å². The van der Waals surface area contributed by atoms with Crippen LogP contribution in [0.4, 0.5) is 5.69 Å². The quantitative estimate of drug-likeness (QED) is 0.530. The van der Waals surface area contributed by atoms with Crippen molar-refractivity contribution in [2.45, 2.75) is 6.92 Å². The molecule has 0 aliphatic carbocycles. The Kier molecular flexibility index (Phi) is 4.55. The van der Waals surface area contributed by atoms with Crippen molar-refractivity contribution in [2.24, 2.45) is 0 Å². The van der Waals surface area contributed by atoms with E-state index in [0.29, 0.717) is 23.0 Å². The van der Waals surface area contributed by atoms with E-state index in [1.165, 1.54) is 6.33 Å². The van der Waals surface area contributed by atoms with Gasteiger partial charge in [0.15, 0.2) is 5.69 Å². The van der Waals surface area contributed by atoms with Crippen molar-refractivity contribution in [3.63, 3.8) is 0 Å². The zero-order valence-corrected chi connectivity index (χ0v) is 15.8. The van der Waals surface area contributed by atoms with E-state index in [4.69, 9.17) is 4.42 Å². The third-order valence-corrected chi connectivity index (χ3v) is 4.40. The molecule has 1 N–H and O–H groups in total. The summed E-state index contributed by atoms with van der Waals surface area (Å²) in [6.07, 6.45) is 3.00. The fourth-order valence-corrected chi connectivity index (χ4v) is 2.99. The maximum Gasteiger partial charge on any atom is 0.277 e. The number of hydrogen-bond acceptors (Lipinski definition) is 5. The van der Waals surface area contributed by atoms with Gasteiger partial charge in [0.05, 0.1) is 11.4 Å². The number of carbonyl (C=O) groups excluding carboxylic acids is 1. The summed E-state index contributed by atoms with van der Waals surface area (Å²) in [5, 5.41) is 7.00. The van der Waals surface area contributed by atoms with Crippen molar-refractivity contribution in [3.05, 3.63) is 77.1 Å². The maximum atomic E-state index is 12.8. The van der Waals surface area contributed by atoms with Crippen LogP contribution in [0.3, 0.4) is 0 Å². The molecule has 0 saturated carbocycles. The van der Waals surface area contributed by atoms with Crippen LogP contribution in [-0.4, -0.2) is 25.7 Å². The Labute approximate surface area is 163 Å². The van der Waals surface area contributed by atoms with Gasteiger partial charge in [-0.25, -0.2) is 14.6 Å². The van der Waals surface area contributed by atoms with Crippen LogP contribution in [0.15, 0.2) is 70.1 Å². The molecule has 0 saturated heterocycles. The number of rotatable bonds is 4. The monoisotopic (exact) mass is 423 g/mol. The number of aryl methyl sites for hydroxylation is 1. The summed E-state index contributed by atoms with van der Waals surface area (Å²) in [6.45, 7) is 1.72. The van der Waals surface area contributed by atoms with Gasteiger partial charge in [0, 0.05) is 10.0 Å². The second-order valence-electron chi connectivity index (χ2n) is 5.75. The largest absolute Gasteiger partial charge is 0.441 e. The summed E-state index contributed by atoms with van der Waals surface area (Å²) in [4.78, 5) is 21.1. The summed E-state index contributed by atoms with van der Waals surface area (Å²) >= 11 is 3.42. The van der Waals surface area contributed by atoms with Crippen LogP contribution in [0.1, 0.15) is 16.2 Å². The van der Waals surface area contributed by atoms with Gasteiger partial charge in [0.1, 0.15) is 18.4 Å². The summed E-state index contributed by atoms with van der Waals surface area (Å²) in [6, 6.07) is 14.9. The Bertz CT molecular complexity index is 1090. The van der Waals surface area contributed by atoms with Gasteiger partial charge in [0.25, 0.3) is 5.91 Å². The first kappa shape index (κ1) is 17.2. The number of nitrogens with zero attached hydrogens (tertiary/aromatic N) is 4. The Morgan fingerprint density at radius 2 is 2.00 bits per heavy atom. The third-order valence-electron chi connectivity index (χ3n) is 3.90. The van der Waals surface area contributed by atoms with Crippen molar-refractivity contribution in [1.82, 2.24) is 19.7 Å². The van der Waals surface area contributed by atoms with Crippen molar-refractivity contribution >= 4 is 27.5 Å². The van der Waals surface area contributed by atoms with Gasteiger partial charge in [-0.15, -0.1) is 0 Å². The minimum absolute atomic E-state index is 0.235. The SMILES string of the molecule is Cc1oc(-c2ccccc2)nc1C(=O)Nc1cc(Br)ccc1-n1cncn1. The first-order chi connectivity index (χ1) is 13.1. The lowest BCUT2D eigenvalue weighted by Gasteiger charge is -2.10. The summed E-state index contributed by atoms with van der Waals surface area (Å²) in [5.74, 6) is 0.491. The molecule has 2 aromatic carbocycles. The van der Waals surface area contributed by atoms with Crippen LogP contribution in [0.25, 0.3) is 17.1 Å². The predicted octanol–water partition coefficient (Wildman–Crippen LogP) is 4.25. The maximum absolute atomic E-state index is 12.8. The highest BCUT2D eigenvalue weighted by Crippen LogP contribution is 2.26. The smallest absolute Gasteiger partial charge is 0.277 e. The molecular formula is C19H14BrN5O2. The average molecular weight is 424 g/mol. The molecule has 0 fully saturated rings. The number of aromatic nitrogens is 4. The second kappa shape index (κ2) is 7.16. The number of hydrogen-bond donors (Lipinski definition) is 1. The van der Waals surface area contributed by atoms with Crippen LogP contribution in [0, 0.1) is 6.92 Å². The van der Waals surface area contributed by atoms with Gasteiger partial charge < -0.3 is 9.73 Å². The van der Waals surface area contributed by atoms with Gasteiger partial charge in [0.2, 0.25) is 5.89 Å². The van der Waals surface area contributed by atoms with Gasteiger partial charge in [-0.1, -0.05) is 34.1 Å². The molecule has 0 unspecified atom stereocenters. The topological polar surface area (TPSA) is 85.8 Å². The van der Waals surface area contributed by atoms with Crippen LogP contribution < -0.4 is 5.32 Å². The predicted molar refractivity (Wildman–Crippen MR) is 104 cm³/mol. The Hall–Kier alpha value is -3.26. The highest BCUT2D eigenvalue weighted by Gasteiger charge is 2.19. The lowest BCUT2D eigenvalue weighted by molar-refractivity contribution is 0.102. The fourth-order valence-electron chi connectivity index (χ4n) is 2.63. The number of benzene rings is 2. The second-order valence-corrected chi connectivity index (χ2v) is 6.66. The van der Waals surface area contributed by atoms with Crippen LogP contribution in [0.5, 0.6) is 0 Å². The van der Waals surface area contributed by atoms with Crippen molar-refractivity contribution in [2.75, 3.05) is 5.32 Å². The van der Waals surface area contributed by atoms with Gasteiger partial charge >= 0.3 is 0 Å². The average Bonchev–Trinajstić information content (AvgIpc) is 3.32. The Morgan fingerprint density at radius 3 is 2.74 bits per heavy atom. The van der Waals surface area contributed by atoms with E-state index in [1.54, 1.807) is 24.0 Å². The minimum atomic E-state index is -0.363. The standard InChI is InChI=1S/C19H14BrN5O2/c1-12-17(24-19(27-12)13-5-3-2-4-6-13)18(26)23-15-9-14(20)7-8-16(15)25-11-21-10-22-25/h2-11H,1H3,(H,23,26). The molecule has 0 spiro atoms. The molecule has 1 amide bonds. The summed E-state index contributed by atoms with van der Waals surface area (Å²) < 4.78 is 8.08. The number of halogens is 1. The zero-order chi connectivity index (χ0) is 18.8. The Balaban J connectivity index is 1.66. The molecule has 7 nitrogen and oxygen atoms in total. The number of oxazole rings is 1. The first-order valence-corrected chi connectivity index (χ1v) is 8.90. The molecule has 134 valence electrons. The van der Waals surface area contributed by atoms with Gasteiger partial charge in [-0.2, -0.15) is 5.10 Å². The zero-order valence-electron chi connectivity index (χ0n) is 14.3. The summed E-state index contributed by atoms with van der Waals surface area (Å²) in [5.41, 5.74) is 2.31. The molecule has 0 aliphatic rings. The first-order valence-electron chi connectivity index (χ1n) is 8.10. The number of nitrogens with one attached hydrogen (secondary N) is 1. The fraction of sp³-hybridized carbons (Fsp3) is 0.0526. The van der Waals surface area contributed by atoms with Crippen molar-refractivity contribution < 1.29 is 9.21 Å². The molecule has 0 aliphatic heterocycles. The van der Waals surface area contributed by atoms with E-state index < -0.39 is 0 Å². The number of amides is 1. The van der Waals surface area contributed by atoms with E-state index in [0.717, 1.165) is 10.0 Å². The molecular weight excluding hydrogens is 410 g/mol. The lowest BCUT2D eigenvalue weighted by atomic mass is 10.2.